The Labute approximate surface area is 176 Å². The largest absolute Gasteiger partial charge is 0.477 e. The Morgan fingerprint density at radius 3 is 2.52 bits per heavy atom. The molecule has 0 spiro atoms. The van der Waals surface area contributed by atoms with Crippen molar-refractivity contribution in [3.63, 3.8) is 0 Å². The van der Waals surface area contributed by atoms with E-state index in [1.54, 1.807) is 19.1 Å². The Morgan fingerprint density at radius 1 is 1.21 bits per heavy atom. The maximum atomic E-state index is 14.3. The normalized spacial score (nSPS) is 13.1. The molecule has 1 unspecified atom stereocenters. The van der Waals surface area contributed by atoms with Crippen LogP contribution >= 0.6 is 30.5 Å². The number of carbonyl (C=O) groups is 1. The summed E-state index contributed by atoms with van der Waals surface area (Å²) in [5.74, 6) is -1.80. The molecule has 1 atom stereocenters. The minimum Gasteiger partial charge on any atom is -0.477 e. The number of rotatable bonds is 6. The van der Waals surface area contributed by atoms with Crippen LogP contribution in [0.25, 0.3) is 10.4 Å². The molecule has 0 saturated heterocycles. The van der Waals surface area contributed by atoms with Gasteiger partial charge in [0.25, 0.3) is 0 Å². The maximum absolute atomic E-state index is 14.3. The fraction of sp³-hybridized carbons (Fsp3) is 0.150. The predicted octanol–water partition coefficient (Wildman–Crippen LogP) is 6.10. The minimum absolute atomic E-state index is 0.0945. The lowest BCUT2D eigenvalue weighted by Gasteiger charge is -2.20. The molecule has 0 aliphatic heterocycles. The molecule has 0 fully saturated rings. The van der Waals surface area contributed by atoms with Crippen LogP contribution < -0.4 is 10.4 Å². The van der Waals surface area contributed by atoms with Gasteiger partial charge in [-0.15, -0.1) is 11.3 Å². The van der Waals surface area contributed by atoms with Gasteiger partial charge in [0.2, 0.25) is 0 Å². The number of benzene rings is 2. The molecule has 0 aliphatic rings. The van der Waals surface area contributed by atoms with Crippen molar-refractivity contribution in [3.05, 3.63) is 69.3 Å². The molecule has 152 valence electrons. The first kappa shape index (κ1) is 21.5. The summed E-state index contributed by atoms with van der Waals surface area (Å²) in [5.41, 5.74) is 2.04. The third-order valence-electron chi connectivity index (χ3n) is 4.32. The Kier molecular flexibility index (Phi) is 6.15. The molecule has 1 aromatic heterocycles. The second-order valence-corrected chi connectivity index (χ2v) is 10.1. The van der Waals surface area contributed by atoms with Crippen LogP contribution in [0.4, 0.5) is 10.1 Å². The van der Waals surface area contributed by atoms with Gasteiger partial charge in [-0.2, -0.15) is 0 Å². The molecule has 2 aromatic carbocycles. The van der Waals surface area contributed by atoms with Crippen molar-refractivity contribution < 1.29 is 23.4 Å². The van der Waals surface area contributed by atoms with Gasteiger partial charge in [-0.05, 0) is 49.7 Å². The smallest absolute Gasteiger partial charge is 0.348 e. The molecule has 5 nitrogen and oxygen atoms in total. The summed E-state index contributed by atoms with van der Waals surface area (Å²) in [5, 5.41) is 13.0. The van der Waals surface area contributed by atoms with Crippen LogP contribution in [0.5, 0.6) is 0 Å². The zero-order chi connectivity index (χ0) is 21.3. The molecule has 0 aliphatic carbocycles. The second-order valence-electron chi connectivity index (χ2n) is 6.42. The first-order valence-corrected chi connectivity index (χ1v) is 11.3. The van der Waals surface area contributed by atoms with E-state index < -0.39 is 19.3 Å². The summed E-state index contributed by atoms with van der Waals surface area (Å²) in [7, 11) is -2.33. The summed E-state index contributed by atoms with van der Waals surface area (Å²) < 4.78 is 33.1. The highest BCUT2D eigenvalue weighted by molar-refractivity contribution is 7.68. The van der Waals surface area contributed by atoms with Crippen molar-refractivity contribution in [2.75, 3.05) is 12.2 Å². The van der Waals surface area contributed by atoms with Gasteiger partial charge in [-0.3, -0.25) is 4.57 Å². The lowest BCUT2D eigenvalue weighted by Crippen LogP contribution is -2.17. The van der Waals surface area contributed by atoms with Crippen LogP contribution in [-0.2, 0) is 9.09 Å². The third kappa shape index (κ3) is 4.38. The molecular weight excluding hydrogens is 436 g/mol. The number of halogens is 2. The van der Waals surface area contributed by atoms with E-state index >= 15 is 0 Å². The van der Waals surface area contributed by atoms with E-state index in [2.05, 4.69) is 5.09 Å². The van der Waals surface area contributed by atoms with Gasteiger partial charge in [-0.1, -0.05) is 29.3 Å². The fourth-order valence-electron chi connectivity index (χ4n) is 2.95. The second kappa shape index (κ2) is 8.28. The summed E-state index contributed by atoms with van der Waals surface area (Å²) in [6.45, 7) is 3.71. The van der Waals surface area contributed by atoms with Gasteiger partial charge in [0.15, 0.2) is 0 Å². The van der Waals surface area contributed by atoms with Crippen LogP contribution in [-0.4, -0.2) is 18.2 Å². The van der Waals surface area contributed by atoms with Gasteiger partial charge in [0, 0.05) is 22.6 Å². The van der Waals surface area contributed by atoms with Gasteiger partial charge in [-0.25, -0.2) is 9.18 Å². The Morgan fingerprint density at radius 2 is 1.93 bits per heavy atom. The zero-order valence-corrected chi connectivity index (χ0v) is 18.3. The number of nitrogens with one attached hydrogen (secondary N) is 1. The molecule has 2 N–H and O–H groups in total. The van der Waals surface area contributed by atoms with E-state index in [-0.39, 0.29) is 21.2 Å². The number of carboxylic acid groups (broad SMARTS) is 1. The number of hydrogen-bond donors (Lipinski definition) is 2. The summed E-state index contributed by atoms with van der Waals surface area (Å²) >= 11 is 6.67. The van der Waals surface area contributed by atoms with Crippen LogP contribution in [0.3, 0.4) is 0 Å². The van der Waals surface area contributed by atoms with Crippen LogP contribution in [0.1, 0.15) is 20.8 Å². The number of hydrogen-bond acceptors (Lipinski definition) is 4. The van der Waals surface area contributed by atoms with Gasteiger partial charge in [0.05, 0.1) is 11.0 Å². The number of thiophene rings is 1. The Hall–Kier alpha value is -2.18. The Balaban J connectivity index is 2.08. The van der Waals surface area contributed by atoms with Crippen molar-refractivity contribution >= 4 is 47.4 Å². The van der Waals surface area contributed by atoms with E-state index in [9.17, 15) is 18.9 Å². The van der Waals surface area contributed by atoms with E-state index in [1.165, 1.54) is 25.3 Å². The van der Waals surface area contributed by atoms with Gasteiger partial charge >= 0.3 is 13.5 Å². The monoisotopic (exact) mass is 453 g/mol. The molecular formula is C20H18ClFNO4PS. The Bertz CT molecular complexity index is 1150. The fourth-order valence-corrected chi connectivity index (χ4v) is 5.87. The van der Waals surface area contributed by atoms with Gasteiger partial charge < -0.3 is 14.7 Å². The number of aryl methyl sites for hydroxylation is 2. The molecule has 9 heteroatoms. The number of aromatic carboxylic acids is 1. The van der Waals surface area contributed by atoms with Crippen molar-refractivity contribution in [2.45, 2.75) is 13.8 Å². The van der Waals surface area contributed by atoms with E-state index in [4.69, 9.17) is 16.1 Å². The number of anilines is 1. The van der Waals surface area contributed by atoms with Crippen molar-refractivity contribution in [1.82, 2.24) is 0 Å². The molecule has 0 saturated carbocycles. The SMILES string of the molecule is COP(=O)(Nc1cc(-c2ccc(Cl)cc2F)sc1C(=O)O)c1ccc(C)cc1C. The molecule has 3 rings (SSSR count). The number of carboxylic acids is 1. The highest BCUT2D eigenvalue weighted by Crippen LogP contribution is 2.49. The summed E-state index contributed by atoms with van der Waals surface area (Å²) in [6.07, 6.45) is 0. The lowest BCUT2D eigenvalue weighted by atomic mass is 10.1. The maximum Gasteiger partial charge on any atom is 0.348 e. The standard InChI is InChI=1S/C20H18ClFNO4PS/c1-11-4-7-17(12(2)8-11)28(26,27-3)23-16-10-18(29-19(16)20(24)25)14-6-5-13(21)9-15(14)22/h4-10H,1-3H3,(H,23,26)(H,24,25). The molecule has 1 heterocycles. The minimum atomic E-state index is -3.62. The highest BCUT2D eigenvalue weighted by Gasteiger charge is 2.30. The van der Waals surface area contributed by atoms with E-state index in [1.807, 2.05) is 13.0 Å². The molecule has 3 aromatic rings. The quantitative estimate of drug-likeness (QED) is 0.441. The summed E-state index contributed by atoms with van der Waals surface area (Å²) in [6, 6.07) is 10.9. The van der Waals surface area contributed by atoms with Crippen molar-refractivity contribution in [3.8, 4) is 10.4 Å². The van der Waals surface area contributed by atoms with Crippen LogP contribution in [0.2, 0.25) is 5.02 Å². The first-order chi connectivity index (χ1) is 13.6. The van der Waals surface area contributed by atoms with E-state index in [0.29, 0.717) is 10.2 Å². The average molecular weight is 454 g/mol. The molecule has 0 radical (unpaired) electrons. The van der Waals surface area contributed by atoms with Crippen LogP contribution in [0, 0.1) is 19.7 Å². The predicted molar refractivity (Wildman–Crippen MR) is 115 cm³/mol. The molecule has 0 amide bonds. The van der Waals surface area contributed by atoms with Crippen molar-refractivity contribution in [1.29, 1.82) is 0 Å². The molecule has 29 heavy (non-hydrogen) atoms. The highest BCUT2D eigenvalue weighted by atomic mass is 35.5. The van der Waals surface area contributed by atoms with Crippen LogP contribution in [0.15, 0.2) is 42.5 Å². The zero-order valence-electron chi connectivity index (χ0n) is 15.8. The lowest BCUT2D eigenvalue weighted by molar-refractivity contribution is 0.0703. The topological polar surface area (TPSA) is 75.6 Å². The van der Waals surface area contributed by atoms with Crippen molar-refractivity contribution in [2.24, 2.45) is 0 Å². The third-order valence-corrected chi connectivity index (χ3v) is 7.89. The summed E-state index contributed by atoms with van der Waals surface area (Å²) in [4.78, 5) is 12.0. The first-order valence-electron chi connectivity index (χ1n) is 8.49. The van der Waals surface area contributed by atoms with E-state index in [0.717, 1.165) is 28.5 Å². The van der Waals surface area contributed by atoms with Gasteiger partial charge in [0.1, 0.15) is 10.7 Å². The average Bonchev–Trinajstić information content (AvgIpc) is 3.04. The molecule has 0 bridgehead atoms.